The number of carboxylic acid groups (broad SMARTS) is 1. The molecule has 1 rings (SSSR count). The van der Waals surface area contributed by atoms with E-state index in [1.54, 1.807) is 6.07 Å². The average molecular weight is 375 g/mol. The fourth-order valence-corrected chi connectivity index (χ4v) is 2.04. The maximum atomic E-state index is 11.5. The van der Waals surface area contributed by atoms with Gasteiger partial charge in [-0.2, -0.15) is 0 Å². The third-order valence-electron chi connectivity index (χ3n) is 2.25. The van der Waals surface area contributed by atoms with E-state index in [1.807, 2.05) is 18.2 Å². The Morgan fingerprint density at radius 1 is 1.53 bits per heavy atom. The number of hydrogen-bond acceptors (Lipinski definition) is 3. The third kappa shape index (κ3) is 5.73. The summed E-state index contributed by atoms with van der Waals surface area (Å²) in [6.07, 6.45) is 0.575. The molecule has 0 fully saturated rings. The number of hydrogen-bond donors (Lipinski definition) is 2. The molecule has 2 N–H and O–H groups in total. The van der Waals surface area contributed by atoms with Crippen molar-refractivity contribution in [3.05, 3.63) is 46.1 Å². The van der Waals surface area contributed by atoms with E-state index in [2.05, 4.69) is 34.5 Å². The van der Waals surface area contributed by atoms with E-state index < -0.39 is 18.1 Å². The van der Waals surface area contributed by atoms with Crippen LogP contribution in [-0.4, -0.2) is 23.8 Å². The molecule has 0 spiro atoms. The van der Waals surface area contributed by atoms with Crippen molar-refractivity contribution in [3.63, 3.8) is 0 Å². The number of benzene rings is 1. The number of rotatable bonds is 6. The molecular weight excluding hydrogens is 361 g/mol. The lowest BCUT2D eigenvalue weighted by atomic mass is 10.0. The van der Waals surface area contributed by atoms with E-state index in [0.29, 0.717) is 0 Å². The minimum atomic E-state index is -0.993. The van der Waals surface area contributed by atoms with Crippen LogP contribution in [0, 0.1) is 3.57 Å². The highest BCUT2D eigenvalue weighted by molar-refractivity contribution is 14.1. The zero-order valence-corrected chi connectivity index (χ0v) is 12.3. The molecule has 6 heteroatoms. The third-order valence-corrected chi connectivity index (χ3v) is 2.93. The Morgan fingerprint density at radius 3 is 2.84 bits per heavy atom. The van der Waals surface area contributed by atoms with Gasteiger partial charge in [0.05, 0.1) is 12.5 Å². The summed E-state index contributed by atoms with van der Waals surface area (Å²) in [5.41, 5.74) is 0.727. The van der Waals surface area contributed by atoms with E-state index in [0.717, 1.165) is 9.13 Å². The van der Waals surface area contributed by atoms with Gasteiger partial charge in [0.25, 0.3) is 0 Å². The van der Waals surface area contributed by atoms with Crippen molar-refractivity contribution in [1.29, 1.82) is 0 Å². The van der Waals surface area contributed by atoms with Gasteiger partial charge in [0.2, 0.25) is 0 Å². The van der Waals surface area contributed by atoms with E-state index in [1.165, 1.54) is 6.08 Å². The van der Waals surface area contributed by atoms with Crippen LogP contribution in [-0.2, 0) is 9.53 Å². The van der Waals surface area contributed by atoms with Crippen molar-refractivity contribution in [2.24, 2.45) is 0 Å². The van der Waals surface area contributed by atoms with Crippen LogP contribution in [0.3, 0.4) is 0 Å². The molecular formula is C13H14INO4. The maximum Gasteiger partial charge on any atom is 0.407 e. The van der Waals surface area contributed by atoms with Gasteiger partial charge in [-0.3, -0.25) is 4.79 Å². The number of carbonyl (C=O) groups is 2. The van der Waals surface area contributed by atoms with Crippen molar-refractivity contribution in [3.8, 4) is 0 Å². The molecule has 0 aliphatic rings. The molecule has 0 saturated heterocycles. The number of aliphatic carboxylic acids is 1. The molecule has 1 aromatic carbocycles. The fourth-order valence-electron chi connectivity index (χ4n) is 1.47. The number of halogens is 1. The number of carbonyl (C=O) groups excluding carboxylic acids is 1. The monoisotopic (exact) mass is 375 g/mol. The molecule has 0 bridgehead atoms. The Bertz CT molecular complexity index is 475. The zero-order chi connectivity index (χ0) is 14.3. The molecule has 1 aromatic rings. The van der Waals surface area contributed by atoms with Crippen LogP contribution in [0.25, 0.3) is 0 Å². The molecule has 1 atom stereocenters. The largest absolute Gasteiger partial charge is 0.481 e. The first-order valence-corrected chi connectivity index (χ1v) is 6.62. The van der Waals surface area contributed by atoms with Crippen LogP contribution < -0.4 is 5.32 Å². The predicted octanol–water partition coefficient (Wildman–Crippen LogP) is 2.72. The number of nitrogens with one attached hydrogen (secondary N) is 1. The van der Waals surface area contributed by atoms with Gasteiger partial charge in [-0.15, -0.1) is 0 Å². The Morgan fingerprint density at radius 2 is 2.26 bits per heavy atom. The first kappa shape index (κ1) is 15.5. The normalized spacial score (nSPS) is 11.4. The molecule has 0 heterocycles. The molecule has 1 amide bonds. The maximum absolute atomic E-state index is 11.5. The summed E-state index contributed by atoms with van der Waals surface area (Å²) in [4.78, 5) is 22.3. The molecule has 0 radical (unpaired) electrons. The summed E-state index contributed by atoms with van der Waals surface area (Å²) >= 11 is 2.12. The lowest BCUT2D eigenvalue weighted by Gasteiger charge is -2.17. The molecule has 1 unspecified atom stereocenters. The van der Waals surface area contributed by atoms with Gasteiger partial charge in [-0.25, -0.2) is 4.79 Å². The van der Waals surface area contributed by atoms with Gasteiger partial charge >= 0.3 is 12.1 Å². The quantitative estimate of drug-likeness (QED) is 0.592. The van der Waals surface area contributed by atoms with Crippen molar-refractivity contribution in [1.82, 2.24) is 5.32 Å². The van der Waals surface area contributed by atoms with Gasteiger partial charge in [-0.1, -0.05) is 24.8 Å². The molecule has 0 aliphatic heterocycles. The van der Waals surface area contributed by atoms with Crippen molar-refractivity contribution in [2.45, 2.75) is 12.5 Å². The summed E-state index contributed by atoms with van der Waals surface area (Å²) < 4.78 is 5.76. The second-order valence-corrected chi connectivity index (χ2v) is 4.98. The zero-order valence-electron chi connectivity index (χ0n) is 10.1. The number of ether oxygens (including phenoxy) is 1. The first-order valence-electron chi connectivity index (χ1n) is 5.54. The summed E-state index contributed by atoms with van der Waals surface area (Å²) in [5, 5.41) is 11.4. The Labute approximate surface area is 124 Å². The van der Waals surface area contributed by atoms with Crippen molar-refractivity contribution >= 4 is 34.7 Å². The second kappa shape index (κ2) is 7.78. The molecule has 0 saturated carbocycles. The molecule has 19 heavy (non-hydrogen) atoms. The summed E-state index contributed by atoms with van der Waals surface area (Å²) in [5.74, 6) is -0.993. The molecule has 5 nitrogen and oxygen atoms in total. The standard InChI is InChI=1S/C13H14INO4/c1-2-6-19-13(18)15-11(8-12(16)17)9-4-3-5-10(14)7-9/h2-5,7,11H,1,6,8H2,(H,15,18)(H,16,17). The Kier molecular flexibility index (Phi) is 6.34. The van der Waals surface area contributed by atoms with Crippen LogP contribution in [0.1, 0.15) is 18.0 Å². The van der Waals surface area contributed by atoms with Crippen molar-refractivity contribution in [2.75, 3.05) is 6.61 Å². The molecule has 102 valence electrons. The van der Waals surface area contributed by atoms with Gasteiger partial charge in [-0.05, 0) is 40.3 Å². The van der Waals surface area contributed by atoms with Gasteiger partial charge in [0.15, 0.2) is 0 Å². The Balaban J connectivity index is 2.79. The van der Waals surface area contributed by atoms with E-state index >= 15 is 0 Å². The number of amides is 1. The van der Waals surface area contributed by atoms with Crippen LogP contribution in [0.15, 0.2) is 36.9 Å². The van der Waals surface area contributed by atoms with Gasteiger partial charge < -0.3 is 15.2 Å². The van der Waals surface area contributed by atoms with Crippen LogP contribution in [0.2, 0.25) is 0 Å². The number of alkyl carbamates (subject to hydrolysis) is 1. The average Bonchev–Trinajstić information content (AvgIpc) is 2.35. The highest BCUT2D eigenvalue weighted by Gasteiger charge is 2.18. The van der Waals surface area contributed by atoms with E-state index in [9.17, 15) is 9.59 Å². The number of carboxylic acids is 1. The topological polar surface area (TPSA) is 75.6 Å². The first-order chi connectivity index (χ1) is 9.02. The molecule has 0 aromatic heterocycles. The van der Waals surface area contributed by atoms with Crippen molar-refractivity contribution < 1.29 is 19.4 Å². The van der Waals surface area contributed by atoms with Crippen LogP contribution in [0.4, 0.5) is 4.79 Å². The second-order valence-electron chi connectivity index (χ2n) is 3.74. The minimum Gasteiger partial charge on any atom is -0.481 e. The molecule has 0 aliphatic carbocycles. The highest BCUT2D eigenvalue weighted by Crippen LogP contribution is 2.19. The Hall–Kier alpha value is -1.57. The van der Waals surface area contributed by atoms with Gasteiger partial charge in [0, 0.05) is 3.57 Å². The summed E-state index contributed by atoms with van der Waals surface area (Å²) in [6, 6.07) is 6.66. The highest BCUT2D eigenvalue weighted by atomic mass is 127. The lowest BCUT2D eigenvalue weighted by molar-refractivity contribution is -0.137. The predicted molar refractivity (Wildman–Crippen MR) is 78.8 cm³/mol. The van der Waals surface area contributed by atoms with Gasteiger partial charge in [0.1, 0.15) is 6.61 Å². The van der Waals surface area contributed by atoms with Crippen LogP contribution in [0.5, 0.6) is 0 Å². The SMILES string of the molecule is C=CCOC(=O)NC(CC(=O)O)c1cccc(I)c1. The summed E-state index contributed by atoms with van der Waals surface area (Å²) in [6.45, 7) is 3.51. The fraction of sp³-hybridized carbons (Fsp3) is 0.231. The van der Waals surface area contributed by atoms with Crippen LogP contribution >= 0.6 is 22.6 Å². The van der Waals surface area contributed by atoms with E-state index in [4.69, 9.17) is 9.84 Å². The minimum absolute atomic E-state index is 0.0813. The lowest BCUT2D eigenvalue weighted by Crippen LogP contribution is -2.30. The smallest absolute Gasteiger partial charge is 0.407 e. The summed E-state index contributed by atoms with van der Waals surface area (Å²) in [7, 11) is 0. The van der Waals surface area contributed by atoms with E-state index in [-0.39, 0.29) is 13.0 Å².